The predicted molar refractivity (Wildman–Crippen MR) is 105 cm³/mol. The quantitative estimate of drug-likeness (QED) is 0.347. The smallest absolute Gasteiger partial charge is 0.373 e. The Morgan fingerprint density at radius 1 is 1.17 bits per heavy atom. The van der Waals surface area contributed by atoms with Gasteiger partial charge in [0.1, 0.15) is 12.1 Å². The first-order chi connectivity index (χ1) is 14.0. The van der Waals surface area contributed by atoms with Gasteiger partial charge in [0.05, 0.1) is 17.6 Å². The minimum atomic E-state index is -0.632. The minimum Gasteiger partial charge on any atom is -0.465 e. The second kappa shape index (κ2) is 8.98. The molecule has 0 aliphatic carbocycles. The molecule has 29 heavy (non-hydrogen) atoms. The summed E-state index contributed by atoms with van der Waals surface area (Å²) in [6.45, 7) is 0.227. The lowest BCUT2D eigenvalue weighted by Crippen LogP contribution is -2.07. The molecule has 10 heteroatoms. The van der Waals surface area contributed by atoms with Gasteiger partial charge in [-0.05, 0) is 35.9 Å². The number of carbonyl (C=O) groups excluding carboxylic acids is 1. The lowest BCUT2D eigenvalue weighted by atomic mass is 10.2. The van der Waals surface area contributed by atoms with Crippen LogP contribution >= 0.6 is 11.6 Å². The number of nitrogens with one attached hydrogen (secondary N) is 1. The molecule has 2 aromatic carbocycles. The fourth-order valence-electron chi connectivity index (χ4n) is 2.44. The Labute approximate surface area is 170 Å². The minimum absolute atomic E-state index is 0.00824. The molecule has 0 saturated carbocycles. The van der Waals surface area contributed by atoms with Crippen molar-refractivity contribution in [1.29, 1.82) is 0 Å². The number of halogens is 1. The summed E-state index contributed by atoms with van der Waals surface area (Å²) in [7, 11) is 1.27. The second-order valence-electron chi connectivity index (χ2n) is 5.70. The Kier molecular flexibility index (Phi) is 6.20. The normalized spacial score (nSPS) is 10.3. The summed E-state index contributed by atoms with van der Waals surface area (Å²) < 4.78 is 10.2. The Bertz CT molecular complexity index is 1040. The Morgan fingerprint density at radius 2 is 1.90 bits per heavy atom. The molecule has 0 spiro atoms. The zero-order valence-corrected chi connectivity index (χ0v) is 15.9. The zero-order valence-electron chi connectivity index (χ0n) is 15.2. The van der Waals surface area contributed by atoms with Gasteiger partial charge in [-0.25, -0.2) is 9.78 Å². The Balaban J connectivity index is 1.84. The van der Waals surface area contributed by atoms with Crippen molar-refractivity contribution >= 4 is 29.1 Å². The molecule has 1 aromatic heterocycles. The number of anilines is 1. The van der Waals surface area contributed by atoms with Gasteiger partial charge in [-0.3, -0.25) is 10.1 Å². The van der Waals surface area contributed by atoms with Gasteiger partial charge in [0.2, 0.25) is 5.82 Å². The van der Waals surface area contributed by atoms with Crippen LogP contribution in [0.2, 0.25) is 5.02 Å². The number of esters is 1. The van der Waals surface area contributed by atoms with E-state index in [1.54, 1.807) is 18.2 Å². The van der Waals surface area contributed by atoms with Crippen molar-refractivity contribution in [3.05, 3.63) is 81.1 Å². The van der Waals surface area contributed by atoms with Crippen LogP contribution in [0.15, 0.2) is 54.9 Å². The van der Waals surface area contributed by atoms with Crippen molar-refractivity contribution < 1.29 is 19.2 Å². The molecule has 0 amide bonds. The molecule has 148 valence electrons. The van der Waals surface area contributed by atoms with Crippen molar-refractivity contribution in [3.8, 4) is 11.6 Å². The Hall–Kier alpha value is -3.72. The maximum atomic E-state index is 11.6. The summed E-state index contributed by atoms with van der Waals surface area (Å²) in [6.07, 6.45) is 1.15. The zero-order chi connectivity index (χ0) is 20.8. The Morgan fingerprint density at radius 3 is 2.55 bits per heavy atom. The van der Waals surface area contributed by atoms with E-state index in [0.717, 1.165) is 11.9 Å². The van der Waals surface area contributed by atoms with E-state index in [0.29, 0.717) is 10.6 Å². The molecule has 0 saturated heterocycles. The van der Waals surface area contributed by atoms with Crippen LogP contribution < -0.4 is 10.1 Å². The van der Waals surface area contributed by atoms with Crippen LogP contribution in [-0.2, 0) is 11.3 Å². The first-order valence-corrected chi connectivity index (χ1v) is 8.70. The third kappa shape index (κ3) is 4.77. The summed E-state index contributed by atoms with van der Waals surface area (Å²) in [5.74, 6) is -0.490. The molecular weight excluding hydrogens is 400 g/mol. The number of benzene rings is 2. The third-order valence-electron chi connectivity index (χ3n) is 3.87. The highest BCUT2D eigenvalue weighted by Gasteiger charge is 2.25. The SMILES string of the molecule is COC(=O)c1ccc(Oc2ncnc(NCc3ccccc3Cl)c2[N+](=O)[O-])cc1. The molecule has 3 aromatic rings. The van der Waals surface area contributed by atoms with E-state index in [2.05, 4.69) is 20.0 Å². The van der Waals surface area contributed by atoms with Crippen molar-refractivity contribution in [2.45, 2.75) is 6.54 Å². The number of ether oxygens (including phenoxy) is 2. The first-order valence-electron chi connectivity index (χ1n) is 8.32. The number of carbonyl (C=O) groups is 1. The van der Waals surface area contributed by atoms with E-state index in [1.165, 1.54) is 31.4 Å². The fourth-order valence-corrected chi connectivity index (χ4v) is 2.64. The molecule has 0 unspecified atom stereocenters. The van der Waals surface area contributed by atoms with Gasteiger partial charge in [0.15, 0.2) is 0 Å². The van der Waals surface area contributed by atoms with Gasteiger partial charge in [-0.1, -0.05) is 29.8 Å². The molecule has 0 atom stereocenters. The largest absolute Gasteiger partial charge is 0.465 e. The molecule has 9 nitrogen and oxygen atoms in total. The topological polar surface area (TPSA) is 116 Å². The van der Waals surface area contributed by atoms with Gasteiger partial charge in [0, 0.05) is 11.6 Å². The number of hydrogen-bond donors (Lipinski definition) is 1. The molecule has 1 heterocycles. The summed E-state index contributed by atoms with van der Waals surface area (Å²) in [5.41, 5.74) is 0.652. The highest BCUT2D eigenvalue weighted by Crippen LogP contribution is 2.34. The first kappa shape index (κ1) is 20.0. The standard InChI is InChI=1S/C19H15ClN4O5/c1-28-19(25)12-6-8-14(9-7-12)29-18-16(24(26)27)17(22-11-23-18)21-10-13-4-2-3-5-15(13)20/h2-9,11H,10H2,1H3,(H,21,22,23). The van der Waals surface area contributed by atoms with Crippen LogP contribution in [0.1, 0.15) is 15.9 Å². The van der Waals surface area contributed by atoms with E-state index in [4.69, 9.17) is 16.3 Å². The number of nitrogens with zero attached hydrogens (tertiary/aromatic N) is 3. The van der Waals surface area contributed by atoms with Crippen molar-refractivity contribution in [2.75, 3.05) is 12.4 Å². The third-order valence-corrected chi connectivity index (χ3v) is 4.23. The van der Waals surface area contributed by atoms with Gasteiger partial charge in [0.25, 0.3) is 0 Å². The maximum Gasteiger partial charge on any atom is 0.373 e. The van der Waals surface area contributed by atoms with Gasteiger partial charge in [-0.2, -0.15) is 4.98 Å². The highest BCUT2D eigenvalue weighted by atomic mass is 35.5. The molecule has 3 rings (SSSR count). The van der Waals surface area contributed by atoms with Crippen molar-refractivity contribution in [3.63, 3.8) is 0 Å². The van der Waals surface area contributed by atoms with Gasteiger partial charge in [-0.15, -0.1) is 0 Å². The highest BCUT2D eigenvalue weighted by molar-refractivity contribution is 6.31. The maximum absolute atomic E-state index is 11.6. The van der Waals surface area contributed by atoms with Gasteiger partial charge >= 0.3 is 17.5 Å². The van der Waals surface area contributed by atoms with E-state index >= 15 is 0 Å². The molecule has 0 fully saturated rings. The molecule has 0 aliphatic heterocycles. The van der Waals surface area contributed by atoms with E-state index in [9.17, 15) is 14.9 Å². The number of nitro groups is 1. The number of methoxy groups -OCH3 is 1. The van der Waals surface area contributed by atoms with Crippen LogP contribution in [0.5, 0.6) is 11.6 Å². The molecule has 0 bridgehead atoms. The van der Waals surface area contributed by atoms with Gasteiger partial charge < -0.3 is 14.8 Å². The van der Waals surface area contributed by atoms with Crippen molar-refractivity contribution in [2.24, 2.45) is 0 Å². The summed E-state index contributed by atoms with van der Waals surface area (Å²) >= 11 is 6.11. The van der Waals surface area contributed by atoms with Crippen LogP contribution in [-0.4, -0.2) is 28.0 Å². The summed E-state index contributed by atoms with van der Waals surface area (Å²) in [5, 5.41) is 15.0. The molecular formula is C19H15ClN4O5. The van der Waals surface area contributed by atoms with E-state index in [-0.39, 0.29) is 24.0 Å². The molecule has 0 aliphatic rings. The van der Waals surface area contributed by atoms with Crippen LogP contribution in [0.3, 0.4) is 0 Å². The van der Waals surface area contributed by atoms with Crippen LogP contribution in [0.4, 0.5) is 11.5 Å². The molecule has 0 radical (unpaired) electrons. The number of rotatable bonds is 7. The summed E-state index contributed by atoms with van der Waals surface area (Å²) in [6, 6.07) is 13.0. The van der Waals surface area contributed by atoms with Crippen molar-refractivity contribution in [1.82, 2.24) is 9.97 Å². The average Bonchev–Trinajstić information content (AvgIpc) is 2.73. The van der Waals surface area contributed by atoms with E-state index in [1.807, 2.05) is 6.07 Å². The fraction of sp³-hybridized carbons (Fsp3) is 0.105. The number of hydrogen-bond acceptors (Lipinski definition) is 8. The van der Waals surface area contributed by atoms with Crippen LogP contribution in [0.25, 0.3) is 0 Å². The average molecular weight is 415 g/mol. The lowest BCUT2D eigenvalue weighted by Gasteiger charge is -2.10. The predicted octanol–water partition coefficient (Wildman–Crippen LogP) is 4.23. The van der Waals surface area contributed by atoms with Crippen LogP contribution in [0, 0.1) is 10.1 Å². The van der Waals surface area contributed by atoms with E-state index < -0.39 is 16.6 Å². The number of aromatic nitrogens is 2. The monoisotopic (exact) mass is 414 g/mol. The lowest BCUT2D eigenvalue weighted by molar-refractivity contribution is -0.385. The summed E-state index contributed by atoms with van der Waals surface area (Å²) in [4.78, 5) is 30.3. The molecule has 1 N–H and O–H groups in total. The second-order valence-corrected chi connectivity index (χ2v) is 6.10.